The third kappa shape index (κ3) is 17.3. The molecule has 0 heterocycles. The van der Waals surface area contributed by atoms with Crippen LogP contribution in [0.15, 0.2) is 0 Å². The number of carbonyl (C=O) groups is 1. The minimum absolute atomic E-state index is 0.570. The molecule has 0 aromatic rings. The first kappa shape index (κ1) is 26.4. The second-order valence-corrected chi connectivity index (χ2v) is 8.39. The molecule has 0 saturated heterocycles. The van der Waals surface area contributed by atoms with Crippen LogP contribution in [-0.2, 0) is 4.79 Å². The molecule has 0 unspecified atom stereocenters. The van der Waals surface area contributed by atoms with Gasteiger partial charge in [-0.2, -0.15) is 0 Å². The maximum absolute atomic E-state index is 11.5. The van der Waals surface area contributed by atoms with Crippen LogP contribution in [-0.4, -0.2) is 22.3 Å². The lowest BCUT2D eigenvalue weighted by Gasteiger charge is -2.19. The van der Waals surface area contributed by atoms with E-state index in [1.165, 1.54) is 83.5 Å². The van der Waals surface area contributed by atoms with E-state index in [0.29, 0.717) is 12.8 Å². The second-order valence-electron chi connectivity index (χ2n) is 8.39. The Labute approximate surface area is 169 Å². The molecule has 0 fully saturated rings. The molecule has 0 spiro atoms. The third-order valence-corrected chi connectivity index (χ3v) is 5.75. The average Bonchev–Trinajstić information content (AvgIpc) is 2.65. The van der Waals surface area contributed by atoms with Gasteiger partial charge in [-0.3, -0.25) is 4.79 Å². The molecule has 0 aliphatic heterocycles. The zero-order valence-electron chi connectivity index (χ0n) is 18.4. The van der Waals surface area contributed by atoms with E-state index in [4.69, 9.17) is 0 Å². The molecule has 2 atom stereocenters. The van der Waals surface area contributed by atoms with E-state index in [-0.39, 0.29) is 0 Å². The van der Waals surface area contributed by atoms with Crippen molar-refractivity contribution in [1.29, 1.82) is 0 Å². The van der Waals surface area contributed by atoms with Gasteiger partial charge < -0.3 is 10.2 Å². The number of carboxylic acid groups (broad SMARTS) is 1. The van der Waals surface area contributed by atoms with Crippen LogP contribution < -0.4 is 0 Å². The monoisotopic (exact) mass is 384 g/mol. The Hall–Kier alpha value is -0.570. The van der Waals surface area contributed by atoms with Crippen LogP contribution >= 0.6 is 0 Å². The van der Waals surface area contributed by atoms with Gasteiger partial charge in [0.1, 0.15) is 0 Å². The fourth-order valence-corrected chi connectivity index (χ4v) is 3.84. The molecule has 0 rings (SSSR count). The first-order chi connectivity index (χ1) is 13.1. The Kier molecular flexibility index (Phi) is 19.7. The van der Waals surface area contributed by atoms with Crippen molar-refractivity contribution in [3.05, 3.63) is 0 Å². The summed E-state index contributed by atoms with van der Waals surface area (Å²) in [5.41, 5.74) is 0. The van der Waals surface area contributed by atoms with Crippen LogP contribution in [0.4, 0.5) is 0 Å². The average molecular weight is 385 g/mol. The number of unbranched alkanes of at least 4 members (excludes halogenated alkanes) is 15. The lowest BCUT2D eigenvalue weighted by molar-refractivity contribution is -0.146. The number of aliphatic hydroxyl groups is 1. The molecule has 0 radical (unpaired) electrons. The summed E-state index contributed by atoms with van der Waals surface area (Å²) in [6.45, 7) is 4.47. The molecule has 0 aliphatic rings. The summed E-state index contributed by atoms with van der Waals surface area (Å²) < 4.78 is 0. The van der Waals surface area contributed by atoms with E-state index in [1.54, 1.807) is 0 Å². The van der Waals surface area contributed by atoms with E-state index in [0.717, 1.165) is 25.7 Å². The Morgan fingerprint density at radius 1 is 0.593 bits per heavy atom. The van der Waals surface area contributed by atoms with Crippen LogP contribution in [0.5, 0.6) is 0 Å². The highest BCUT2D eigenvalue weighted by Crippen LogP contribution is 2.20. The molecular formula is C24H48O3. The predicted molar refractivity (Wildman–Crippen MR) is 116 cm³/mol. The lowest BCUT2D eigenvalue weighted by atomic mass is 9.91. The Balaban J connectivity index is 3.67. The highest BCUT2D eigenvalue weighted by Gasteiger charge is 2.25. The predicted octanol–water partition coefficient (Wildman–Crippen LogP) is 7.50. The molecule has 0 bridgehead atoms. The van der Waals surface area contributed by atoms with Crippen LogP contribution in [0.1, 0.15) is 136 Å². The molecule has 3 nitrogen and oxygen atoms in total. The molecule has 0 aliphatic carbocycles. The van der Waals surface area contributed by atoms with E-state index >= 15 is 0 Å². The summed E-state index contributed by atoms with van der Waals surface area (Å²) in [5, 5.41) is 19.7. The number of hydrogen-bond donors (Lipinski definition) is 2. The van der Waals surface area contributed by atoms with Gasteiger partial charge in [-0.05, 0) is 12.8 Å². The maximum Gasteiger partial charge on any atom is 0.309 e. The van der Waals surface area contributed by atoms with Crippen molar-refractivity contribution in [1.82, 2.24) is 0 Å². The Morgan fingerprint density at radius 3 is 1.30 bits per heavy atom. The van der Waals surface area contributed by atoms with Crippen molar-refractivity contribution in [2.24, 2.45) is 5.92 Å². The van der Waals surface area contributed by atoms with Gasteiger partial charge in [-0.25, -0.2) is 0 Å². The Morgan fingerprint density at radius 2 is 0.926 bits per heavy atom. The summed E-state index contributed by atoms with van der Waals surface area (Å²) in [6, 6.07) is 0. The fourth-order valence-electron chi connectivity index (χ4n) is 3.84. The smallest absolute Gasteiger partial charge is 0.309 e. The van der Waals surface area contributed by atoms with Crippen molar-refractivity contribution < 1.29 is 15.0 Å². The quantitative estimate of drug-likeness (QED) is 0.201. The molecule has 0 saturated carbocycles. The van der Waals surface area contributed by atoms with Gasteiger partial charge in [0.05, 0.1) is 12.0 Å². The van der Waals surface area contributed by atoms with Crippen LogP contribution in [0.2, 0.25) is 0 Å². The van der Waals surface area contributed by atoms with Gasteiger partial charge in [0.25, 0.3) is 0 Å². The first-order valence-corrected chi connectivity index (χ1v) is 12.0. The van der Waals surface area contributed by atoms with E-state index < -0.39 is 18.0 Å². The summed E-state index contributed by atoms with van der Waals surface area (Å²) in [4.78, 5) is 11.5. The SMILES string of the molecule is CCCCCCCCCCC[C@H](O)[C@@H](CCCCCCCCCC)C(=O)O. The van der Waals surface area contributed by atoms with Crippen LogP contribution in [0, 0.1) is 5.92 Å². The summed E-state index contributed by atoms with van der Waals surface area (Å²) >= 11 is 0. The van der Waals surface area contributed by atoms with Crippen LogP contribution in [0.25, 0.3) is 0 Å². The van der Waals surface area contributed by atoms with Crippen LogP contribution in [0.3, 0.4) is 0 Å². The summed E-state index contributed by atoms with van der Waals surface area (Å²) in [7, 11) is 0. The number of rotatable bonds is 21. The molecule has 0 aromatic carbocycles. The maximum atomic E-state index is 11.5. The highest BCUT2D eigenvalue weighted by atomic mass is 16.4. The first-order valence-electron chi connectivity index (χ1n) is 12.0. The summed E-state index contributed by atoms with van der Waals surface area (Å²) in [6.07, 6.45) is 21.5. The standard InChI is InChI=1S/C24H48O3/c1-3-5-7-9-11-13-15-17-19-21-23(25)22(24(26)27)20-18-16-14-12-10-8-6-4-2/h22-23,25H,3-21H2,1-2H3,(H,26,27)/t22-,23+/m1/s1. The molecule has 2 N–H and O–H groups in total. The summed E-state index contributed by atoms with van der Waals surface area (Å²) in [5.74, 6) is -1.39. The molecule has 3 heteroatoms. The van der Waals surface area contributed by atoms with Crippen molar-refractivity contribution in [2.75, 3.05) is 0 Å². The van der Waals surface area contributed by atoms with Crippen molar-refractivity contribution in [3.63, 3.8) is 0 Å². The number of aliphatic carboxylic acids is 1. The van der Waals surface area contributed by atoms with Crippen molar-refractivity contribution in [2.45, 2.75) is 142 Å². The zero-order valence-corrected chi connectivity index (χ0v) is 18.4. The van der Waals surface area contributed by atoms with Gasteiger partial charge in [-0.15, -0.1) is 0 Å². The van der Waals surface area contributed by atoms with E-state index in [1.807, 2.05) is 0 Å². The van der Waals surface area contributed by atoms with Gasteiger partial charge in [0, 0.05) is 0 Å². The number of carboxylic acids is 1. The topological polar surface area (TPSA) is 57.5 Å². The van der Waals surface area contributed by atoms with Crippen molar-refractivity contribution >= 4 is 5.97 Å². The van der Waals surface area contributed by atoms with E-state index in [9.17, 15) is 15.0 Å². The van der Waals surface area contributed by atoms with Gasteiger partial charge >= 0.3 is 5.97 Å². The minimum Gasteiger partial charge on any atom is -0.481 e. The minimum atomic E-state index is -0.818. The zero-order chi connectivity index (χ0) is 20.2. The lowest BCUT2D eigenvalue weighted by Crippen LogP contribution is -2.28. The second kappa shape index (κ2) is 20.2. The fraction of sp³-hybridized carbons (Fsp3) is 0.958. The third-order valence-electron chi connectivity index (χ3n) is 5.75. The Bertz CT molecular complexity index is 317. The van der Waals surface area contributed by atoms with E-state index in [2.05, 4.69) is 13.8 Å². The van der Waals surface area contributed by atoms with Gasteiger partial charge in [0.2, 0.25) is 0 Å². The highest BCUT2D eigenvalue weighted by molar-refractivity contribution is 5.70. The van der Waals surface area contributed by atoms with Crippen molar-refractivity contribution in [3.8, 4) is 0 Å². The molecule has 0 aromatic heterocycles. The largest absolute Gasteiger partial charge is 0.481 e. The molecule has 162 valence electrons. The molecular weight excluding hydrogens is 336 g/mol. The number of hydrogen-bond acceptors (Lipinski definition) is 2. The molecule has 27 heavy (non-hydrogen) atoms. The molecule has 0 amide bonds. The number of aliphatic hydroxyl groups excluding tert-OH is 1. The van der Waals surface area contributed by atoms with Gasteiger partial charge in [0.15, 0.2) is 0 Å². The normalized spacial score (nSPS) is 13.6. The van der Waals surface area contributed by atoms with Gasteiger partial charge in [-0.1, -0.05) is 123 Å².